The van der Waals surface area contributed by atoms with Crippen LogP contribution < -0.4 is 10.6 Å². The highest BCUT2D eigenvalue weighted by Gasteiger charge is 2.15. The van der Waals surface area contributed by atoms with Crippen molar-refractivity contribution in [3.05, 3.63) is 144 Å². The summed E-state index contributed by atoms with van der Waals surface area (Å²) in [6.07, 6.45) is -0.443. The lowest BCUT2D eigenvalue weighted by Gasteiger charge is -2.09. The minimum Gasteiger partial charge on any atom is -0.505 e. The molecule has 310 valence electrons. The lowest BCUT2D eigenvalue weighted by Crippen LogP contribution is -2.14. The fourth-order valence-electron chi connectivity index (χ4n) is 6.29. The number of aryl methyl sites for hydroxylation is 2. The molecule has 0 atom stereocenters. The van der Waals surface area contributed by atoms with Crippen LogP contribution >= 0.6 is 0 Å². The van der Waals surface area contributed by atoms with E-state index in [1.807, 2.05) is 13.8 Å². The van der Waals surface area contributed by atoms with E-state index in [0.717, 1.165) is 11.1 Å². The molecule has 0 saturated heterocycles. The van der Waals surface area contributed by atoms with E-state index < -0.39 is 27.9 Å². The molecular formula is C45H36N8O8S. The van der Waals surface area contributed by atoms with Gasteiger partial charge in [-0.1, -0.05) is 24.3 Å². The van der Waals surface area contributed by atoms with Crippen molar-refractivity contribution in [2.24, 2.45) is 30.7 Å². The van der Waals surface area contributed by atoms with E-state index in [-0.39, 0.29) is 29.2 Å². The van der Waals surface area contributed by atoms with Crippen LogP contribution in [0, 0.1) is 13.8 Å². The second-order valence-electron chi connectivity index (χ2n) is 14.0. The molecule has 0 unspecified atom stereocenters. The van der Waals surface area contributed by atoms with Crippen LogP contribution in [0.4, 0.5) is 45.5 Å². The van der Waals surface area contributed by atoms with Gasteiger partial charge in [-0.25, -0.2) is 0 Å². The average Bonchev–Trinajstić information content (AvgIpc) is 3.24. The number of hydrogen-bond acceptors (Lipinski definition) is 12. The maximum Gasteiger partial charge on any atom is 0.303 e. The monoisotopic (exact) mass is 848 g/mol. The molecule has 5 N–H and O–H groups in total. The summed E-state index contributed by atoms with van der Waals surface area (Å²) >= 11 is 0. The number of carboxylic acids is 1. The van der Waals surface area contributed by atoms with E-state index in [1.165, 1.54) is 18.2 Å². The molecule has 0 aliphatic carbocycles. The molecule has 2 amide bonds. The van der Waals surface area contributed by atoms with Crippen molar-refractivity contribution in [2.45, 2.75) is 31.6 Å². The number of amides is 2. The van der Waals surface area contributed by atoms with Crippen LogP contribution in [0.15, 0.2) is 163 Å². The molecule has 7 aromatic carbocycles. The predicted molar refractivity (Wildman–Crippen MR) is 234 cm³/mol. The fraction of sp³-hybridized carbons (Fsp3) is 0.0889. The van der Waals surface area contributed by atoms with Crippen molar-refractivity contribution < 1.29 is 37.6 Å². The number of nitrogens with zero attached hydrogens (tertiary/aromatic N) is 6. The number of fused-ring (bicyclic) bond motifs is 2. The Hall–Kier alpha value is -8.02. The molecule has 0 aromatic heterocycles. The van der Waals surface area contributed by atoms with Gasteiger partial charge in [0.25, 0.3) is 16.0 Å². The lowest BCUT2D eigenvalue weighted by molar-refractivity contribution is -0.138. The van der Waals surface area contributed by atoms with Crippen molar-refractivity contribution in [1.82, 2.24) is 0 Å². The Morgan fingerprint density at radius 1 is 0.565 bits per heavy atom. The topological polar surface area (TPSA) is 244 Å². The summed E-state index contributed by atoms with van der Waals surface area (Å²) in [4.78, 5) is 35.3. The van der Waals surface area contributed by atoms with Crippen LogP contribution in [0.3, 0.4) is 0 Å². The number of nitrogens with one attached hydrogen (secondary N) is 2. The van der Waals surface area contributed by atoms with Gasteiger partial charge in [0.15, 0.2) is 5.75 Å². The zero-order valence-electron chi connectivity index (χ0n) is 33.0. The number of anilines is 2. The number of carbonyl (C=O) groups is 3. The van der Waals surface area contributed by atoms with Crippen molar-refractivity contribution in [3.8, 4) is 5.75 Å². The molecule has 17 heteroatoms. The van der Waals surface area contributed by atoms with Crippen LogP contribution in [-0.4, -0.2) is 41.0 Å². The smallest absolute Gasteiger partial charge is 0.303 e. The van der Waals surface area contributed by atoms with Gasteiger partial charge in [0.1, 0.15) is 10.6 Å². The normalized spacial score (nSPS) is 11.9. The third-order valence-electron chi connectivity index (χ3n) is 9.51. The maximum absolute atomic E-state index is 12.9. The van der Waals surface area contributed by atoms with Gasteiger partial charge < -0.3 is 20.8 Å². The summed E-state index contributed by atoms with van der Waals surface area (Å²) in [5, 5.41) is 53.3. The first kappa shape index (κ1) is 42.1. The van der Waals surface area contributed by atoms with E-state index in [1.54, 1.807) is 109 Å². The number of aliphatic carboxylic acids is 1. The van der Waals surface area contributed by atoms with Gasteiger partial charge in [-0.3, -0.25) is 18.9 Å². The van der Waals surface area contributed by atoms with Gasteiger partial charge in [-0.2, -0.15) is 34.0 Å². The summed E-state index contributed by atoms with van der Waals surface area (Å²) in [5.41, 5.74) is 5.78. The van der Waals surface area contributed by atoms with Gasteiger partial charge in [-0.05, 0) is 139 Å². The number of carbonyl (C=O) groups excluding carboxylic acids is 2. The third-order valence-corrected chi connectivity index (χ3v) is 10.4. The van der Waals surface area contributed by atoms with E-state index >= 15 is 0 Å². The van der Waals surface area contributed by atoms with E-state index in [0.29, 0.717) is 66.9 Å². The Morgan fingerprint density at radius 2 is 1.13 bits per heavy atom. The molecule has 0 aliphatic rings. The molecule has 0 spiro atoms. The van der Waals surface area contributed by atoms with E-state index in [9.17, 15) is 32.5 Å². The molecule has 16 nitrogen and oxygen atoms in total. The Kier molecular flexibility index (Phi) is 12.3. The molecule has 0 bridgehead atoms. The summed E-state index contributed by atoms with van der Waals surface area (Å²) in [5.74, 6) is -1.99. The maximum atomic E-state index is 12.9. The average molecular weight is 849 g/mol. The van der Waals surface area contributed by atoms with Crippen molar-refractivity contribution in [2.75, 3.05) is 10.6 Å². The molecule has 7 rings (SSSR count). The Bertz CT molecular complexity index is 3110. The first-order valence-corrected chi connectivity index (χ1v) is 20.3. The number of azo groups is 3. The molecular weight excluding hydrogens is 813 g/mol. The van der Waals surface area contributed by atoms with Crippen molar-refractivity contribution in [3.63, 3.8) is 0 Å². The van der Waals surface area contributed by atoms with E-state index in [2.05, 4.69) is 41.3 Å². The second-order valence-corrected chi connectivity index (χ2v) is 15.4. The fourth-order valence-corrected chi connectivity index (χ4v) is 7.00. The molecule has 0 fully saturated rings. The minimum atomic E-state index is -4.42. The highest BCUT2D eigenvalue weighted by atomic mass is 32.2. The van der Waals surface area contributed by atoms with Crippen LogP contribution in [0.2, 0.25) is 0 Å². The third kappa shape index (κ3) is 10.2. The van der Waals surface area contributed by atoms with Gasteiger partial charge in [0, 0.05) is 34.1 Å². The number of hydrogen-bond donors (Lipinski definition) is 5. The number of phenolic OH excluding ortho intramolecular Hbond substituents is 1. The lowest BCUT2D eigenvalue weighted by atomic mass is 10.1. The van der Waals surface area contributed by atoms with Gasteiger partial charge in [-0.15, -0.1) is 5.11 Å². The highest BCUT2D eigenvalue weighted by molar-refractivity contribution is 7.86. The van der Waals surface area contributed by atoms with E-state index in [4.69, 9.17) is 5.11 Å². The minimum absolute atomic E-state index is 0.0852. The van der Waals surface area contributed by atoms with Crippen molar-refractivity contribution in [1.29, 1.82) is 0 Å². The van der Waals surface area contributed by atoms with Crippen molar-refractivity contribution >= 4 is 94.9 Å². The molecule has 0 radical (unpaired) electrons. The molecule has 62 heavy (non-hydrogen) atoms. The Morgan fingerprint density at radius 3 is 1.74 bits per heavy atom. The summed E-state index contributed by atoms with van der Waals surface area (Å²) < 4.78 is 33.3. The Balaban J connectivity index is 0.966. The molecule has 0 saturated carbocycles. The number of benzene rings is 7. The number of aromatic hydroxyl groups is 1. The van der Waals surface area contributed by atoms with Crippen LogP contribution in [0.25, 0.3) is 21.5 Å². The summed E-state index contributed by atoms with van der Waals surface area (Å²) in [7, 11) is -4.42. The highest BCUT2D eigenvalue weighted by Crippen LogP contribution is 2.38. The molecule has 0 heterocycles. The number of rotatable bonds is 13. The zero-order chi connectivity index (χ0) is 44.0. The molecule has 7 aromatic rings. The quantitative estimate of drug-likeness (QED) is 0.0550. The SMILES string of the molecule is Cc1cc(N=Nc2ccc(N=Nc3ccc4cc(NC(=O)c5ccc(NC(=O)CCC(=O)O)cc5)ccc4c3O)cc2C)ccc1N=Nc1ccc2cccc(S(=O)(=O)O)c2c1. The first-order chi connectivity index (χ1) is 29.7. The summed E-state index contributed by atoms with van der Waals surface area (Å²) in [6.45, 7) is 3.71. The Labute approximate surface area is 354 Å². The van der Waals surface area contributed by atoms with Crippen LogP contribution in [-0.2, 0) is 19.7 Å². The van der Waals surface area contributed by atoms with Crippen LogP contribution in [0.5, 0.6) is 5.75 Å². The predicted octanol–water partition coefficient (Wildman–Crippen LogP) is 11.9. The number of phenols is 1. The van der Waals surface area contributed by atoms with Gasteiger partial charge >= 0.3 is 5.97 Å². The molecule has 0 aliphatic heterocycles. The van der Waals surface area contributed by atoms with Gasteiger partial charge in [0.05, 0.1) is 34.9 Å². The van der Waals surface area contributed by atoms with Gasteiger partial charge in [0.2, 0.25) is 5.91 Å². The summed E-state index contributed by atoms with van der Waals surface area (Å²) in [6, 6.07) is 34.7. The largest absolute Gasteiger partial charge is 0.505 e. The number of carboxylic acid groups (broad SMARTS) is 1. The first-order valence-electron chi connectivity index (χ1n) is 18.9. The second kappa shape index (κ2) is 18.1. The zero-order valence-corrected chi connectivity index (χ0v) is 33.8. The standard InChI is InChI=1S/C45H36N8O8S/c1-26-22-33(14-18-39(26)52-50-35-12-6-28-4-3-5-41(37(28)25-35)62(59,60)61)48-51-38-19-15-34(23-27(38)2)49-53-40-17-9-30-24-32(13-16-36(30)44(40)57)47-45(58)29-7-10-31(11-8-29)46-42(54)20-21-43(55)56/h3-19,22-25,57H,20-21H2,1-2H3,(H,46,54)(H,47,58)(H,55,56)(H,59,60,61). The van der Waals surface area contributed by atoms with Crippen LogP contribution in [0.1, 0.15) is 34.3 Å².